The third kappa shape index (κ3) is 3.13. The van der Waals surface area contributed by atoms with Gasteiger partial charge in [-0.25, -0.2) is 4.79 Å². The Labute approximate surface area is 112 Å². The minimum Gasteiger partial charge on any atom is -0.478 e. The van der Waals surface area contributed by atoms with Gasteiger partial charge >= 0.3 is 5.97 Å². The monoisotopic (exact) mass is 255 g/mol. The summed E-state index contributed by atoms with van der Waals surface area (Å²) < 4.78 is 0. The van der Waals surface area contributed by atoms with Gasteiger partial charge in [-0.15, -0.1) is 0 Å². The van der Waals surface area contributed by atoms with Crippen molar-refractivity contribution < 1.29 is 9.90 Å². The Morgan fingerprint density at radius 1 is 1.16 bits per heavy atom. The van der Waals surface area contributed by atoms with Gasteiger partial charge in [-0.3, -0.25) is 0 Å². The molecule has 3 heteroatoms. The van der Waals surface area contributed by atoms with Crippen LogP contribution in [0.15, 0.2) is 42.5 Å². The molecule has 0 heterocycles. The molecule has 0 fully saturated rings. The van der Waals surface area contributed by atoms with E-state index in [2.05, 4.69) is 31.3 Å². The smallest absolute Gasteiger partial charge is 0.335 e. The van der Waals surface area contributed by atoms with Gasteiger partial charge in [-0.05, 0) is 48.7 Å². The van der Waals surface area contributed by atoms with E-state index in [-0.39, 0.29) is 0 Å². The Bertz CT molecular complexity index is 605. The Morgan fingerprint density at radius 3 is 2.63 bits per heavy atom. The number of aryl methyl sites for hydroxylation is 1. The maximum Gasteiger partial charge on any atom is 0.335 e. The Balaban J connectivity index is 2.12. The molecule has 2 aromatic rings. The maximum atomic E-state index is 10.9. The normalized spacial score (nSPS) is 10.2. The van der Waals surface area contributed by atoms with Crippen LogP contribution >= 0.6 is 0 Å². The van der Waals surface area contributed by atoms with Crippen LogP contribution in [0.4, 0.5) is 5.69 Å². The van der Waals surface area contributed by atoms with Gasteiger partial charge in [0.1, 0.15) is 0 Å². The van der Waals surface area contributed by atoms with Gasteiger partial charge in [-0.1, -0.05) is 24.3 Å². The highest BCUT2D eigenvalue weighted by Crippen LogP contribution is 2.16. The standard InChI is InChI=1S/C16H17NO2/c1-11-5-3-7-14(12(11)2)10-17-15-8-4-6-13(9-15)16(18)19/h3-9,17H,10H2,1-2H3,(H,18,19). The number of carboxylic acids is 1. The summed E-state index contributed by atoms with van der Waals surface area (Å²) in [6.45, 7) is 4.88. The lowest BCUT2D eigenvalue weighted by Gasteiger charge is -2.11. The molecule has 0 radical (unpaired) electrons. The van der Waals surface area contributed by atoms with Gasteiger partial charge in [0.2, 0.25) is 0 Å². The molecule has 98 valence electrons. The maximum absolute atomic E-state index is 10.9. The average molecular weight is 255 g/mol. The SMILES string of the molecule is Cc1cccc(CNc2cccc(C(=O)O)c2)c1C. The van der Waals surface area contributed by atoms with Crippen molar-refractivity contribution in [2.75, 3.05) is 5.32 Å². The molecule has 0 aliphatic heterocycles. The number of carbonyl (C=O) groups is 1. The molecule has 0 unspecified atom stereocenters. The molecular weight excluding hydrogens is 238 g/mol. The topological polar surface area (TPSA) is 49.3 Å². The summed E-state index contributed by atoms with van der Waals surface area (Å²) in [5, 5.41) is 12.2. The molecule has 0 aliphatic carbocycles. The van der Waals surface area contributed by atoms with E-state index in [4.69, 9.17) is 5.11 Å². The van der Waals surface area contributed by atoms with Crippen LogP contribution in [0, 0.1) is 13.8 Å². The van der Waals surface area contributed by atoms with Gasteiger partial charge in [-0.2, -0.15) is 0 Å². The summed E-state index contributed by atoms with van der Waals surface area (Å²) in [4.78, 5) is 10.9. The molecule has 0 saturated carbocycles. The predicted molar refractivity (Wildman–Crippen MR) is 76.6 cm³/mol. The minimum atomic E-state index is -0.907. The molecule has 3 nitrogen and oxygen atoms in total. The molecule has 2 N–H and O–H groups in total. The fraction of sp³-hybridized carbons (Fsp3) is 0.188. The fourth-order valence-electron chi connectivity index (χ4n) is 1.96. The summed E-state index contributed by atoms with van der Waals surface area (Å²) in [6.07, 6.45) is 0. The van der Waals surface area contributed by atoms with Gasteiger partial charge < -0.3 is 10.4 Å². The second-order valence-corrected chi connectivity index (χ2v) is 4.60. The van der Waals surface area contributed by atoms with Crippen LogP contribution < -0.4 is 5.32 Å². The summed E-state index contributed by atoms with van der Waals surface area (Å²) in [5.74, 6) is -0.907. The van der Waals surface area contributed by atoms with Crippen LogP contribution in [-0.4, -0.2) is 11.1 Å². The largest absolute Gasteiger partial charge is 0.478 e. The minimum absolute atomic E-state index is 0.297. The van der Waals surface area contributed by atoms with E-state index in [1.165, 1.54) is 16.7 Å². The molecular formula is C16H17NO2. The fourth-order valence-corrected chi connectivity index (χ4v) is 1.96. The lowest BCUT2D eigenvalue weighted by molar-refractivity contribution is 0.0697. The molecule has 0 bridgehead atoms. The van der Waals surface area contributed by atoms with Crippen LogP contribution in [0.2, 0.25) is 0 Å². The van der Waals surface area contributed by atoms with Gasteiger partial charge in [0.15, 0.2) is 0 Å². The van der Waals surface area contributed by atoms with Crippen LogP contribution in [0.1, 0.15) is 27.0 Å². The molecule has 2 aromatic carbocycles. The number of benzene rings is 2. The zero-order chi connectivity index (χ0) is 13.8. The third-order valence-corrected chi connectivity index (χ3v) is 3.31. The zero-order valence-electron chi connectivity index (χ0n) is 11.1. The second-order valence-electron chi connectivity index (χ2n) is 4.60. The number of aromatic carboxylic acids is 1. The van der Waals surface area contributed by atoms with Crippen molar-refractivity contribution in [3.63, 3.8) is 0 Å². The van der Waals surface area contributed by atoms with Gasteiger partial charge in [0, 0.05) is 12.2 Å². The van der Waals surface area contributed by atoms with E-state index < -0.39 is 5.97 Å². The number of hydrogen-bond donors (Lipinski definition) is 2. The molecule has 0 atom stereocenters. The highest BCUT2D eigenvalue weighted by atomic mass is 16.4. The average Bonchev–Trinajstić information content (AvgIpc) is 2.41. The van der Waals surface area contributed by atoms with Crippen molar-refractivity contribution in [1.29, 1.82) is 0 Å². The number of rotatable bonds is 4. The first kappa shape index (κ1) is 13.1. The van der Waals surface area contributed by atoms with Crippen molar-refractivity contribution >= 4 is 11.7 Å². The third-order valence-electron chi connectivity index (χ3n) is 3.31. The van der Waals surface area contributed by atoms with Crippen LogP contribution in [0.25, 0.3) is 0 Å². The van der Waals surface area contributed by atoms with Crippen molar-refractivity contribution in [2.24, 2.45) is 0 Å². The number of nitrogens with one attached hydrogen (secondary N) is 1. The zero-order valence-corrected chi connectivity index (χ0v) is 11.1. The number of hydrogen-bond acceptors (Lipinski definition) is 2. The number of carboxylic acid groups (broad SMARTS) is 1. The highest BCUT2D eigenvalue weighted by Gasteiger charge is 2.04. The second kappa shape index (κ2) is 5.57. The quantitative estimate of drug-likeness (QED) is 0.877. The van der Waals surface area contributed by atoms with Crippen LogP contribution in [0.3, 0.4) is 0 Å². The molecule has 0 aromatic heterocycles. The summed E-state index contributed by atoms with van der Waals surface area (Å²) in [5.41, 5.74) is 4.87. The summed E-state index contributed by atoms with van der Waals surface area (Å²) in [7, 11) is 0. The van der Waals surface area contributed by atoms with Crippen molar-refractivity contribution in [1.82, 2.24) is 0 Å². The van der Waals surface area contributed by atoms with Gasteiger partial charge in [0.25, 0.3) is 0 Å². The van der Waals surface area contributed by atoms with E-state index in [9.17, 15) is 4.79 Å². The van der Waals surface area contributed by atoms with E-state index in [1.54, 1.807) is 18.2 Å². The first-order chi connectivity index (χ1) is 9.08. The van der Waals surface area contributed by atoms with Crippen LogP contribution in [0.5, 0.6) is 0 Å². The van der Waals surface area contributed by atoms with Crippen LogP contribution in [-0.2, 0) is 6.54 Å². The summed E-state index contributed by atoms with van der Waals surface area (Å²) >= 11 is 0. The van der Waals surface area contributed by atoms with Gasteiger partial charge in [0.05, 0.1) is 5.56 Å². The Hall–Kier alpha value is -2.29. The van der Waals surface area contributed by atoms with Crippen molar-refractivity contribution in [3.8, 4) is 0 Å². The van der Waals surface area contributed by atoms with Crippen molar-refractivity contribution in [2.45, 2.75) is 20.4 Å². The Kier molecular flexibility index (Phi) is 3.85. The predicted octanol–water partition coefficient (Wildman–Crippen LogP) is 3.61. The first-order valence-corrected chi connectivity index (χ1v) is 6.20. The molecule has 0 amide bonds. The lowest BCUT2D eigenvalue weighted by atomic mass is 10.0. The highest BCUT2D eigenvalue weighted by molar-refractivity contribution is 5.88. The van der Waals surface area contributed by atoms with E-state index >= 15 is 0 Å². The lowest BCUT2D eigenvalue weighted by Crippen LogP contribution is -2.03. The molecule has 19 heavy (non-hydrogen) atoms. The summed E-state index contributed by atoms with van der Waals surface area (Å²) in [6, 6.07) is 13.1. The molecule has 2 rings (SSSR count). The van der Waals surface area contributed by atoms with E-state index in [0.29, 0.717) is 12.1 Å². The molecule has 0 spiro atoms. The van der Waals surface area contributed by atoms with E-state index in [0.717, 1.165) is 5.69 Å². The first-order valence-electron chi connectivity index (χ1n) is 6.20. The van der Waals surface area contributed by atoms with E-state index in [1.807, 2.05) is 12.1 Å². The van der Waals surface area contributed by atoms with Crippen molar-refractivity contribution in [3.05, 3.63) is 64.7 Å². The molecule has 0 aliphatic rings. The Morgan fingerprint density at radius 2 is 1.89 bits per heavy atom. The molecule has 0 saturated heterocycles. The number of anilines is 1.